The first-order valence-electron chi connectivity index (χ1n) is 13.9. The number of nitrogens with zero attached hydrogens (tertiary/aromatic N) is 3. The van der Waals surface area contributed by atoms with Crippen LogP contribution >= 0.6 is 23.2 Å². The second-order valence-electron chi connectivity index (χ2n) is 10.9. The second-order valence-corrected chi connectivity index (χ2v) is 13.8. The molecule has 220 valence electrons. The molecular weight excluding hydrogens is 599 g/mol. The molecule has 2 amide bonds. The summed E-state index contributed by atoms with van der Waals surface area (Å²) in [5.41, 5.74) is 4.68. The summed E-state index contributed by atoms with van der Waals surface area (Å²) in [6, 6.07) is 15.7. The molecule has 2 unspecified atom stereocenters. The molecule has 0 bridgehead atoms. The van der Waals surface area contributed by atoms with Crippen molar-refractivity contribution in [2.45, 2.75) is 68.6 Å². The van der Waals surface area contributed by atoms with E-state index in [-0.39, 0.29) is 12.5 Å². The van der Waals surface area contributed by atoms with Crippen molar-refractivity contribution in [1.82, 2.24) is 19.7 Å². The van der Waals surface area contributed by atoms with E-state index in [0.29, 0.717) is 45.3 Å². The Balaban J connectivity index is 1.44. The van der Waals surface area contributed by atoms with E-state index >= 15 is 0 Å². The van der Waals surface area contributed by atoms with Crippen LogP contribution in [0.15, 0.2) is 66.9 Å². The van der Waals surface area contributed by atoms with Gasteiger partial charge < -0.3 is 4.90 Å². The van der Waals surface area contributed by atoms with Gasteiger partial charge in [-0.25, -0.2) is 13.9 Å². The number of carbonyl (C=O) groups excluding carboxylic acids is 2. The molecule has 9 nitrogen and oxygen atoms in total. The molecule has 1 saturated carbocycles. The summed E-state index contributed by atoms with van der Waals surface area (Å²) < 4.78 is 27.0. The molecule has 6 rings (SSSR count). The highest BCUT2D eigenvalue weighted by Crippen LogP contribution is 2.50. The molecule has 2 fully saturated rings. The van der Waals surface area contributed by atoms with Gasteiger partial charge in [-0.3, -0.25) is 19.4 Å². The van der Waals surface area contributed by atoms with E-state index in [0.717, 1.165) is 12.8 Å². The van der Waals surface area contributed by atoms with Crippen LogP contribution < -0.4 is 5.48 Å². The SMILES string of the molecule is CC1N([C@H]2CCCC[C@@H]2N2C(=O)c3ccccc3[C@@H](C(=O)NOCc3ccccn3)[C@@H]2c2ccc(Cl)cc2Cl)S1(=O)=O. The van der Waals surface area contributed by atoms with Gasteiger partial charge in [0.15, 0.2) is 0 Å². The highest BCUT2D eigenvalue weighted by atomic mass is 35.5. The molecule has 2 aliphatic heterocycles. The molecule has 3 aliphatic rings. The lowest BCUT2D eigenvalue weighted by Gasteiger charge is -2.49. The molecular formula is C30H30Cl2N4O5S. The number of carbonyl (C=O) groups is 2. The number of benzene rings is 2. The highest BCUT2D eigenvalue weighted by molar-refractivity contribution is 7.95. The van der Waals surface area contributed by atoms with Gasteiger partial charge in [-0.2, -0.15) is 4.31 Å². The number of nitrogens with one attached hydrogen (secondary N) is 1. The van der Waals surface area contributed by atoms with Gasteiger partial charge in [0.25, 0.3) is 11.8 Å². The van der Waals surface area contributed by atoms with Crippen LogP contribution in [0.3, 0.4) is 0 Å². The van der Waals surface area contributed by atoms with Crippen LogP contribution in [0.5, 0.6) is 0 Å². The van der Waals surface area contributed by atoms with Crippen molar-refractivity contribution < 1.29 is 22.8 Å². The van der Waals surface area contributed by atoms with Crippen molar-refractivity contribution in [2.24, 2.45) is 0 Å². The van der Waals surface area contributed by atoms with Crippen molar-refractivity contribution in [3.63, 3.8) is 0 Å². The Kier molecular flexibility index (Phi) is 8.01. The van der Waals surface area contributed by atoms with Crippen LogP contribution in [0, 0.1) is 0 Å². The standard InChI is InChI=1S/C30H30Cl2N4O5S/c1-18-36(42(18,39)40)26-12-5-4-11-25(26)35-28(23-14-13-19(31)16-24(23)32)27(21-9-2-3-10-22(21)30(35)38)29(37)34-41-17-20-8-6-7-15-33-20/h2-3,6-10,13-16,18,25-28H,4-5,11-12,17H2,1H3,(H,34,37)/t18?,25-,26-,27+,28-,36?/m0/s1. The number of halogens is 2. The molecule has 0 radical (unpaired) electrons. The number of amides is 2. The summed E-state index contributed by atoms with van der Waals surface area (Å²) in [5, 5.41) is 0.0981. The summed E-state index contributed by atoms with van der Waals surface area (Å²) in [4.78, 5) is 40.0. The molecule has 12 heteroatoms. The lowest BCUT2D eigenvalue weighted by atomic mass is 9.76. The summed E-state index contributed by atoms with van der Waals surface area (Å²) in [7, 11) is -3.40. The normalized spacial score (nSPS) is 28.2. The summed E-state index contributed by atoms with van der Waals surface area (Å²) in [5.74, 6) is -1.65. The van der Waals surface area contributed by atoms with Crippen LogP contribution in [0.1, 0.15) is 71.7 Å². The maximum absolute atomic E-state index is 14.4. The van der Waals surface area contributed by atoms with Crippen molar-refractivity contribution in [1.29, 1.82) is 0 Å². The van der Waals surface area contributed by atoms with E-state index in [9.17, 15) is 18.0 Å². The zero-order chi connectivity index (χ0) is 29.6. The number of hydrogen-bond donors (Lipinski definition) is 1. The Morgan fingerprint density at radius 3 is 2.43 bits per heavy atom. The first-order valence-corrected chi connectivity index (χ1v) is 16.2. The van der Waals surface area contributed by atoms with Crippen LogP contribution in [0.25, 0.3) is 0 Å². The van der Waals surface area contributed by atoms with Gasteiger partial charge in [-0.15, -0.1) is 0 Å². The Labute approximate surface area is 254 Å². The molecule has 1 N–H and O–H groups in total. The molecule has 1 aliphatic carbocycles. The van der Waals surface area contributed by atoms with Gasteiger partial charge in [0, 0.05) is 33.9 Å². The number of sulfonamides is 1. The van der Waals surface area contributed by atoms with Crippen molar-refractivity contribution in [3.05, 3.63) is 99.3 Å². The first kappa shape index (κ1) is 29.1. The van der Waals surface area contributed by atoms with Crippen molar-refractivity contribution >= 4 is 45.0 Å². The van der Waals surface area contributed by atoms with Crippen LogP contribution in [-0.4, -0.2) is 51.9 Å². The minimum absolute atomic E-state index is 0.0470. The average molecular weight is 630 g/mol. The first-order chi connectivity index (χ1) is 20.2. The Bertz CT molecular complexity index is 1620. The Morgan fingerprint density at radius 2 is 1.74 bits per heavy atom. The smallest absolute Gasteiger partial charge is 0.255 e. The van der Waals surface area contributed by atoms with Gasteiger partial charge in [0.1, 0.15) is 12.0 Å². The molecule has 1 aromatic heterocycles. The average Bonchev–Trinajstić information content (AvgIpc) is 3.49. The van der Waals surface area contributed by atoms with Crippen LogP contribution in [-0.2, 0) is 26.3 Å². The Morgan fingerprint density at radius 1 is 1.02 bits per heavy atom. The van der Waals surface area contributed by atoms with E-state index in [1.807, 2.05) is 6.07 Å². The van der Waals surface area contributed by atoms with Gasteiger partial charge >= 0.3 is 0 Å². The fraction of sp³-hybridized carbons (Fsp3) is 0.367. The number of fused-ring (bicyclic) bond motifs is 1. The van der Waals surface area contributed by atoms with Gasteiger partial charge in [0.2, 0.25) is 10.0 Å². The lowest BCUT2D eigenvalue weighted by Crippen LogP contribution is -2.57. The lowest BCUT2D eigenvalue weighted by molar-refractivity contribution is -0.138. The predicted octanol–water partition coefficient (Wildman–Crippen LogP) is 5.22. The monoisotopic (exact) mass is 628 g/mol. The zero-order valence-corrected chi connectivity index (χ0v) is 25.1. The molecule has 2 aromatic carbocycles. The third-order valence-corrected chi connectivity index (χ3v) is 11.1. The maximum Gasteiger partial charge on any atom is 0.255 e. The quantitative estimate of drug-likeness (QED) is 0.284. The topological polar surface area (TPSA) is 109 Å². The summed E-state index contributed by atoms with van der Waals surface area (Å²) in [6.07, 6.45) is 4.50. The van der Waals surface area contributed by atoms with Crippen LogP contribution in [0.2, 0.25) is 10.0 Å². The van der Waals surface area contributed by atoms with E-state index < -0.39 is 45.3 Å². The number of pyridine rings is 1. The van der Waals surface area contributed by atoms with Crippen LogP contribution in [0.4, 0.5) is 0 Å². The third-order valence-electron chi connectivity index (χ3n) is 8.47. The molecule has 6 atom stereocenters. The minimum atomic E-state index is -3.40. The van der Waals surface area contributed by atoms with Gasteiger partial charge in [0.05, 0.1) is 17.7 Å². The summed E-state index contributed by atoms with van der Waals surface area (Å²) >= 11 is 13.0. The largest absolute Gasteiger partial charge is 0.326 e. The highest BCUT2D eigenvalue weighted by Gasteiger charge is 2.59. The molecule has 42 heavy (non-hydrogen) atoms. The molecule has 1 saturated heterocycles. The zero-order valence-electron chi connectivity index (χ0n) is 22.8. The predicted molar refractivity (Wildman–Crippen MR) is 158 cm³/mol. The Hall–Kier alpha value is -3.02. The molecule has 3 aromatic rings. The van der Waals surface area contributed by atoms with Crippen molar-refractivity contribution in [2.75, 3.05) is 0 Å². The number of rotatable bonds is 7. The van der Waals surface area contributed by atoms with E-state index in [1.54, 1.807) is 72.6 Å². The maximum atomic E-state index is 14.4. The third kappa shape index (κ3) is 5.20. The molecule has 0 spiro atoms. The number of aromatic nitrogens is 1. The van der Waals surface area contributed by atoms with E-state index in [2.05, 4.69) is 10.5 Å². The minimum Gasteiger partial charge on any atom is -0.326 e. The number of hydrogen-bond acceptors (Lipinski definition) is 6. The van der Waals surface area contributed by atoms with E-state index in [1.165, 1.54) is 4.31 Å². The fourth-order valence-electron chi connectivity index (χ4n) is 6.49. The van der Waals surface area contributed by atoms with Gasteiger partial charge in [-0.1, -0.05) is 66.4 Å². The molecule has 3 heterocycles. The second kappa shape index (κ2) is 11.6. The van der Waals surface area contributed by atoms with E-state index in [4.69, 9.17) is 28.0 Å². The van der Waals surface area contributed by atoms with Gasteiger partial charge in [-0.05, 0) is 61.2 Å². The fourth-order valence-corrected chi connectivity index (χ4v) is 8.64. The summed E-state index contributed by atoms with van der Waals surface area (Å²) in [6.45, 7) is 1.71. The van der Waals surface area contributed by atoms with Crippen molar-refractivity contribution in [3.8, 4) is 0 Å². The number of hydroxylamine groups is 1.